The fraction of sp³-hybridized carbons (Fsp3) is 0.545. The fourth-order valence-corrected chi connectivity index (χ4v) is 2.00. The van der Waals surface area contributed by atoms with Crippen LogP contribution in [0.2, 0.25) is 5.15 Å². The summed E-state index contributed by atoms with van der Waals surface area (Å²) in [5, 5.41) is 0.539. The van der Waals surface area contributed by atoms with E-state index in [1.165, 1.54) is 25.7 Å². The van der Waals surface area contributed by atoms with Gasteiger partial charge < -0.3 is 4.74 Å². The minimum Gasteiger partial charge on any atom is -0.374 e. The molecule has 1 heterocycles. The number of rotatable bonds is 3. The van der Waals surface area contributed by atoms with E-state index in [4.69, 9.17) is 16.3 Å². The number of nitrogens with zero attached hydrogens (tertiary/aromatic N) is 1. The zero-order chi connectivity index (χ0) is 9.80. The van der Waals surface area contributed by atoms with Crippen LogP contribution in [-0.2, 0) is 11.3 Å². The molecule has 1 aromatic rings. The lowest BCUT2D eigenvalue weighted by Gasteiger charge is -2.10. The van der Waals surface area contributed by atoms with Crippen molar-refractivity contribution in [3.05, 3.63) is 29.0 Å². The van der Waals surface area contributed by atoms with Crippen LogP contribution in [0.15, 0.2) is 18.3 Å². The molecule has 3 heteroatoms. The molecule has 2 rings (SSSR count). The number of aromatic nitrogens is 1. The first kappa shape index (κ1) is 9.94. The van der Waals surface area contributed by atoms with Crippen molar-refractivity contribution in [3.8, 4) is 0 Å². The van der Waals surface area contributed by atoms with Gasteiger partial charge in [0.2, 0.25) is 0 Å². The van der Waals surface area contributed by atoms with Gasteiger partial charge in [0.15, 0.2) is 0 Å². The summed E-state index contributed by atoms with van der Waals surface area (Å²) < 4.78 is 5.76. The van der Waals surface area contributed by atoms with Crippen molar-refractivity contribution in [2.45, 2.75) is 38.4 Å². The van der Waals surface area contributed by atoms with Gasteiger partial charge in [0.05, 0.1) is 12.7 Å². The molecule has 0 radical (unpaired) electrons. The van der Waals surface area contributed by atoms with E-state index in [9.17, 15) is 0 Å². The van der Waals surface area contributed by atoms with E-state index in [2.05, 4.69) is 4.98 Å². The van der Waals surface area contributed by atoms with E-state index in [0.29, 0.717) is 17.9 Å². The van der Waals surface area contributed by atoms with E-state index in [1.54, 1.807) is 6.20 Å². The van der Waals surface area contributed by atoms with Crippen molar-refractivity contribution < 1.29 is 4.74 Å². The predicted molar refractivity (Wildman–Crippen MR) is 56.3 cm³/mol. The van der Waals surface area contributed by atoms with Gasteiger partial charge in [0.1, 0.15) is 5.15 Å². The second kappa shape index (κ2) is 4.76. The summed E-state index contributed by atoms with van der Waals surface area (Å²) in [6, 6.07) is 3.80. The van der Waals surface area contributed by atoms with E-state index in [1.807, 2.05) is 12.1 Å². The van der Waals surface area contributed by atoms with Crippen LogP contribution in [0, 0.1) is 0 Å². The van der Waals surface area contributed by atoms with E-state index >= 15 is 0 Å². The molecule has 76 valence electrons. The van der Waals surface area contributed by atoms with E-state index in [-0.39, 0.29) is 0 Å². The third kappa shape index (κ3) is 2.69. The number of halogens is 1. The monoisotopic (exact) mass is 211 g/mol. The summed E-state index contributed by atoms with van der Waals surface area (Å²) in [7, 11) is 0. The minimum absolute atomic E-state index is 0.460. The van der Waals surface area contributed by atoms with Crippen LogP contribution in [0.1, 0.15) is 31.2 Å². The molecule has 1 aliphatic rings. The standard InChI is InChI=1S/C11H14ClNO/c12-11-7-9(5-6-13-11)8-14-10-3-1-2-4-10/h5-7,10H,1-4,8H2. The van der Waals surface area contributed by atoms with E-state index in [0.717, 1.165) is 5.56 Å². The molecule has 1 aliphatic carbocycles. The van der Waals surface area contributed by atoms with Gasteiger partial charge in [-0.3, -0.25) is 0 Å². The van der Waals surface area contributed by atoms with Crippen LogP contribution in [0.25, 0.3) is 0 Å². The number of hydrogen-bond acceptors (Lipinski definition) is 2. The second-order valence-corrected chi connectivity index (χ2v) is 4.09. The molecule has 1 saturated carbocycles. The van der Waals surface area contributed by atoms with Gasteiger partial charge in [-0.2, -0.15) is 0 Å². The molecule has 0 aliphatic heterocycles. The summed E-state index contributed by atoms with van der Waals surface area (Å²) in [5.74, 6) is 0. The van der Waals surface area contributed by atoms with Crippen LogP contribution in [0.4, 0.5) is 0 Å². The molecule has 0 bridgehead atoms. The average molecular weight is 212 g/mol. The molecule has 0 saturated heterocycles. The maximum atomic E-state index is 5.77. The third-order valence-corrected chi connectivity index (χ3v) is 2.79. The fourth-order valence-electron chi connectivity index (χ4n) is 1.80. The van der Waals surface area contributed by atoms with Crippen molar-refractivity contribution in [3.63, 3.8) is 0 Å². The molecule has 2 nitrogen and oxygen atoms in total. The third-order valence-electron chi connectivity index (χ3n) is 2.58. The molecule has 0 N–H and O–H groups in total. The Morgan fingerprint density at radius 2 is 2.21 bits per heavy atom. The van der Waals surface area contributed by atoms with Gasteiger partial charge in [0, 0.05) is 6.20 Å². The highest BCUT2D eigenvalue weighted by Crippen LogP contribution is 2.22. The normalized spacial score (nSPS) is 17.5. The smallest absolute Gasteiger partial charge is 0.129 e. The van der Waals surface area contributed by atoms with Gasteiger partial charge in [-0.15, -0.1) is 0 Å². The molecule has 0 atom stereocenters. The molecule has 0 amide bonds. The van der Waals surface area contributed by atoms with Gasteiger partial charge >= 0.3 is 0 Å². The van der Waals surface area contributed by atoms with Crippen LogP contribution in [0.3, 0.4) is 0 Å². The number of hydrogen-bond donors (Lipinski definition) is 0. The maximum absolute atomic E-state index is 5.77. The molecule has 0 spiro atoms. The van der Waals surface area contributed by atoms with Gasteiger partial charge in [-0.1, -0.05) is 24.4 Å². The molecular formula is C11H14ClNO. The van der Waals surface area contributed by atoms with Crippen molar-refractivity contribution in [2.24, 2.45) is 0 Å². The molecule has 0 unspecified atom stereocenters. The summed E-state index contributed by atoms with van der Waals surface area (Å²) in [6.45, 7) is 0.660. The SMILES string of the molecule is Clc1cc(COC2CCCC2)ccn1. The first-order valence-corrected chi connectivity index (χ1v) is 5.44. The Morgan fingerprint density at radius 3 is 2.93 bits per heavy atom. The van der Waals surface area contributed by atoms with Crippen molar-refractivity contribution in [1.29, 1.82) is 0 Å². The Morgan fingerprint density at radius 1 is 1.43 bits per heavy atom. The highest BCUT2D eigenvalue weighted by Gasteiger charge is 2.14. The zero-order valence-electron chi connectivity index (χ0n) is 8.08. The van der Waals surface area contributed by atoms with Gasteiger partial charge in [0.25, 0.3) is 0 Å². The molecule has 14 heavy (non-hydrogen) atoms. The Kier molecular flexibility index (Phi) is 3.38. The van der Waals surface area contributed by atoms with E-state index < -0.39 is 0 Å². The number of ether oxygens (including phenoxy) is 1. The number of pyridine rings is 1. The Balaban J connectivity index is 1.85. The molecular weight excluding hydrogens is 198 g/mol. The molecule has 1 aromatic heterocycles. The van der Waals surface area contributed by atoms with Crippen molar-refractivity contribution in [1.82, 2.24) is 4.98 Å². The maximum Gasteiger partial charge on any atom is 0.129 e. The van der Waals surface area contributed by atoms with Crippen molar-refractivity contribution >= 4 is 11.6 Å². The van der Waals surface area contributed by atoms with Gasteiger partial charge in [-0.05, 0) is 30.5 Å². The molecule has 1 fully saturated rings. The largest absolute Gasteiger partial charge is 0.374 e. The average Bonchev–Trinajstić information content (AvgIpc) is 2.67. The predicted octanol–water partition coefficient (Wildman–Crippen LogP) is 3.19. The topological polar surface area (TPSA) is 22.1 Å². The summed E-state index contributed by atoms with van der Waals surface area (Å²) in [6.07, 6.45) is 7.21. The summed E-state index contributed by atoms with van der Waals surface area (Å²) >= 11 is 5.77. The highest BCUT2D eigenvalue weighted by atomic mass is 35.5. The summed E-state index contributed by atoms with van der Waals surface area (Å²) in [5.41, 5.74) is 1.11. The molecule has 0 aromatic carbocycles. The first-order chi connectivity index (χ1) is 6.84. The quantitative estimate of drug-likeness (QED) is 0.717. The van der Waals surface area contributed by atoms with Crippen LogP contribution in [-0.4, -0.2) is 11.1 Å². The van der Waals surface area contributed by atoms with Crippen LogP contribution < -0.4 is 0 Å². The van der Waals surface area contributed by atoms with Crippen LogP contribution >= 0.6 is 11.6 Å². The van der Waals surface area contributed by atoms with Crippen LogP contribution in [0.5, 0.6) is 0 Å². The lowest BCUT2D eigenvalue weighted by atomic mass is 10.3. The minimum atomic E-state index is 0.460. The second-order valence-electron chi connectivity index (χ2n) is 3.70. The zero-order valence-corrected chi connectivity index (χ0v) is 8.83. The Labute approximate surface area is 89.3 Å². The first-order valence-electron chi connectivity index (χ1n) is 5.06. The Hall–Kier alpha value is -0.600. The highest BCUT2D eigenvalue weighted by molar-refractivity contribution is 6.29. The summed E-state index contributed by atoms with van der Waals surface area (Å²) in [4.78, 5) is 3.93. The Bertz CT molecular complexity index is 297. The lowest BCUT2D eigenvalue weighted by molar-refractivity contribution is 0.0456. The van der Waals surface area contributed by atoms with Crippen molar-refractivity contribution in [2.75, 3.05) is 0 Å². The van der Waals surface area contributed by atoms with Gasteiger partial charge in [-0.25, -0.2) is 4.98 Å². The lowest BCUT2D eigenvalue weighted by Crippen LogP contribution is -2.07.